The zero-order valence-electron chi connectivity index (χ0n) is 21.4. The van der Waals surface area contributed by atoms with Crippen LogP contribution in [0.25, 0.3) is 0 Å². The molecule has 6 heteroatoms. The van der Waals surface area contributed by atoms with Gasteiger partial charge in [0.15, 0.2) is 0 Å². The number of hydrogen-bond donors (Lipinski definition) is 2. The summed E-state index contributed by atoms with van der Waals surface area (Å²) >= 11 is 0. The van der Waals surface area contributed by atoms with Crippen molar-refractivity contribution in [3.8, 4) is 0 Å². The highest BCUT2D eigenvalue weighted by Gasteiger charge is 2.08. The van der Waals surface area contributed by atoms with Gasteiger partial charge in [-0.25, -0.2) is 0 Å². The van der Waals surface area contributed by atoms with Crippen molar-refractivity contribution in [3.63, 3.8) is 0 Å². The van der Waals surface area contributed by atoms with Gasteiger partial charge in [0.25, 0.3) is 0 Å². The van der Waals surface area contributed by atoms with E-state index in [9.17, 15) is 8.42 Å². The molecular formula is C25H56NO4S+. The van der Waals surface area contributed by atoms with Gasteiger partial charge >= 0.3 is 10.4 Å². The molecule has 0 fully saturated rings. The second-order valence-electron chi connectivity index (χ2n) is 8.90. The summed E-state index contributed by atoms with van der Waals surface area (Å²) in [6.45, 7) is 11.3. The molecule has 0 saturated heterocycles. The Balaban J connectivity index is 0. The van der Waals surface area contributed by atoms with Crippen LogP contribution in [0, 0.1) is 0 Å². The second-order valence-corrected chi connectivity index (χ2v) is 10.1. The Kier molecular flexibility index (Phi) is 27.8. The third-order valence-corrected chi connectivity index (χ3v) is 6.28. The SMILES string of the molecule is CCCCCCCC[NH+](CCCCCCCC)CCCCCCCC.COS(=O)(=O)O. The first-order chi connectivity index (χ1) is 14.9. The lowest BCUT2D eigenvalue weighted by molar-refractivity contribution is -0.900. The lowest BCUT2D eigenvalue weighted by Gasteiger charge is -2.19. The molecule has 0 atom stereocenters. The molecule has 0 radical (unpaired) electrons. The molecule has 0 aromatic carbocycles. The van der Waals surface area contributed by atoms with Gasteiger partial charge in [-0.05, 0) is 38.5 Å². The van der Waals surface area contributed by atoms with Crippen LogP contribution in [0.2, 0.25) is 0 Å². The van der Waals surface area contributed by atoms with E-state index in [2.05, 4.69) is 25.0 Å². The molecule has 0 aromatic rings. The van der Waals surface area contributed by atoms with Crippen molar-refractivity contribution >= 4 is 10.4 Å². The summed E-state index contributed by atoms with van der Waals surface area (Å²) in [5.41, 5.74) is 0. The molecule has 0 bridgehead atoms. The lowest BCUT2D eigenvalue weighted by Crippen LogP contribution is -3.12. The third kappa shape index (κ3) is 32.1. The van der Waals surface area contributed by atoms with Crippen molar-refractivity contribution in [2.45, 2.75) is 136 Å². The molecule has 190 valence electrons. The molecule has 0 amide bonds. The van der Waals surface area contributed by atoms with Gasteiger partial charge in [-0.2, -0.15) is 8.42 Å². The maximum absolute atomic E-state index is 9.33. The summed E-state index contributed by atoms with van der Waals surface area (Å²) in [6, 6.07) is 0. The predicted molar refractivity (Wildman–Crippen MR) is 134 cm³/mol. The smallest absolute Gasteiger partial charge is 0.335 e. The Morgan fingerprint density at radius 2 is 0.774 bits per heavy atom. The van der Waals surface area contributed by atoms with Gasteiger partial charge in [-0.3, -0.25) is 8.74 Å². The minimum absolute atomic E-state index is 0.870. The van der Waals surface area contributed by atoms with E-state index in [1.54, 1.807) is 0 Å². The minimum Gasteiger partial charge on any atom is -0.335 e. The molecule has 31 heavy (non-hydrogen) atoms. The van der Waals surface area contributed by atoms with Crippen molar-refractivity contribution in [1.29, 1.82) is 0 Å². The maximum atomic E-state index is 9.33. The quantitative estimate of drug-likeness (QED) is 0.143. The van der Waals surface area contributed by atoms with Gasteiger partial charge in [0.1, 0.15) is 0 Å². The molecule has 5 nitrogen and oxygen atoms in total. The molecule has 0 spiro atoms. The summed E-state index contributed by atoms with van der Waals surface area (Å²) < 4.78 is 29.7. The van der Waals surface area contributed by atoms with Crippen LogP contribution in [0.5, 0.6) is 0 Å². The number of unbranched alkanes of at least 4 members (excludes halogenated alkanes) is 15. The number of quaternary nitrogens is 1. The Morgan fingerprint density at radius 1 is 0.548 bits per heavy atom. The normalized spacial score (nSPS) is 11.5. The third-order valence-electron chi connectivity index (χ3n) is 5.86. The van der Waals surface area contributed by atoms with E-state index in [-0.39, 0.29) is 0 Å². The molecule has 0 heterocycles. The van der Waals surface area contributed by atoms with Crippen molar-refractivity contribution in [2.24, 2.45) is 0 Å². The zero-order chi connectivity index (χ0) is 23.6. The Labute approximate surface area is 195 Å². The summed E-state index contributed by atoms with van der Waals surface area (Å²) in [7, 11) is -3.29. The van der Waals surface area contributed by atoms with Crippen LogP contribution in [0.15, 0.2) is 0 Å². The first kappa shape index (κ1) is 33.0. The van der Waals surface area contributed by atoms with Crippen LogP contribution in [0.3, 0.4) is 0 Å². The Hall–Kier alpha value is -0.170. The molecule has 0 aliphatic heterocycles. The van der Waals surface area contributed by atoms with Crippen molar-refractivity contribution in [3.05, 3.63) is 0 Å². The topological polar surface area (TPSA) is 68.0 Å². The Bertz CT molecular complexity index is 391. The number of rotatable bonds is 22. The fraction of sp³-hybridized carbons (Fsp3) is 1.00. The van der Waals surface area contributed by atoms with Crippen LogP contribution in [-0.2, 0) is 14.6 Å². The molecule has 0 saturated carbocycles. The van der Waals surface area contributed by atoms with E-state index in [1.165, 1.54) is 135 Å². The van der Waals surface area contributed by atoms with Crippen molar-refractivity contribution in [2.75, 3.05) is 26.7 Å². The van der Waals surface area contributed by atoms with Gasteiger partial charge in [0.2, 0.25) is 0 Å². The second kappa shape index (κ2) is 26.1. The molecule has 2 N–H and O–H groups in total. The molecule has 0 aliphatic rings. The summed E-state index contributed by atoms with van der Waals surface area (Å²) in [4.78, 5) is 1.92. The van der Waals surface area contributed by atoms with Gasteiger partial charge in [0, 0.05) is 0 Å². The largest absolute Gasteiger partial charge is 0.397 e. The fourth-order valence-corrected chi connectivity index (χ4v) is 3.84. The fourth-order valence-electron chi connectivity index (χ4n) is 3.84. The van der Waals surface area contributed by atoms with Gasteiger partial charge in [0.05, 0.1) is 26.7 Å². The zero-order valence-corrected chi connectivity index (χ0v) is 22.2. The van der Waals surface area contributed by atoms with Gasteiger partial charge in [-0.15, -0.1) is 0 Å². The lowest BCUT2D eigenvalue weighted by atomic mass is 10.1. The summed E-state index contributed by atoms with van der Waals surface area (Å²) in [5, 5.41) is 0. The standard InChI is InChI=1S/C24H51N.CH4O4S/c1-4-7-10-13-16-19-22-25(23-20-17-14-11-8-5-2)24-21-18-15-12-9-6-3;1-5-6(2,3)4/h4-24H2,1-3H3;1H3,(H,2,3,4)/p+1. The van der Waals surface area contributed by atoms with Crippen molar-refractivity contribution < 1.29 is 22.1 Å². The first-order valence-corrected chi connectivity index (χ1v) is 14.6. The Morgan fingerprint density at radius 3 is 1.00 bits per heavy atom. The molecule has 0 rings (SSSR count). The number of nitrogens with one attached hydrogen (secondary N) is 1. The van der Waals surface area contributed by atoms with Crippen molar-refractivity contribution in [1.82, 2.24) is 0 Å². The molecular weight excluding hydrogens is 410 g/mol. The van der Waals surface area contributed by atoms with Gasteiger partial charge in [-0.1, -0.05) is 97.8 Å². The van der Waals surface area contributed by atoms with Crippen LogP contribution < -0.4 is 4.90 Å². The summed E-state index contributed by atoms with van der Waals surface area (Å²) in [6.07, 6.45) is 26.0. The van der Waals surface area contributed by atoms with E-state index >= 15 is 0 Å². The van der Waals surface area contributed by atoms with Gasteiger partial charge < -0.3 is 4.90 Å². The molecule has 0 aliphatic carbocycles. The van der Waals surface area contributed by atoms with Crippen LogP contribution in [-0.4, -0.2) is 39.7 Å². The predicted octanol–water partition coefficient (Wildman–Crippen LogP) is 6.39. The first-order valence-electron chi connectivity index (χ1n) is 13.3. The van der Waals surface area contributed by atoms with Crippen LogP contribution >= 0.6 is 0 Å². The minimum atomic E-state index is -4.16. The van der Waals surface area contributed by atoms with E-state index in [4.69, 9.17) is 4.55 Å². The average molecular weight is 467 g/mol. The van der Waals surface area contributed by atoms with E-state index in [0.717, 1.165) is 7.11 Å². The van der Waals surface area contributed by atoms with E-state index in [0.29, 0.717) is 0 Å². The highest BCUT2D eigenvalue weighted by molar-refractivity contribution is 7.80. The van der Waals surface area contributed by atoms with E-state index in [1.807, 2.05) is 4.90 Å². The van der Waals surface area contributed by atoms with Crippen LogP contribution in [0.1, 0.15) is 136 Å². The van der Waals surface area contributed by atoms with Crippen LogP contribution in [0.4, 0.5) is 0 Å². The monoisotopic (exact) mass is 466 g/mol. The average Bonchev–Trinajstić information content (AvgIpc) is 2.74. The molecule has 0 aromatic heterocycles. The molecule has 0 unspecified atom stereocenters. The summed E-state index contributed by atoms with van der Waals surface area (Å²) in [5.74, 6) is 0. The highest BCUT2D eigenvalue weighted by atomic mass is 32.3. The highest BCUT2D eigenvalue weighted by Crippen LogP contribution is 2.06. The van der Waals surface area contributed by atoms with E-state index < -0.39 is 10.4 Å². The maximum Gasteiger partial charge on any atom is 0.397 e. The number of hydrogen-bond acceptors (Lipinski definition) is 3.